The van der Waals surface area contributed by atoms with Gasteiger partial charge in [0.05, 0.1) is 10.6 Å². The van der Waals surface area contributed by atoms with Crippen molar-refractivity contribution in [1.29, 1.82) is 0 Å². The van der Waals surface area contributed by atoms with Crippen LogP contribution in [0.2, 0.25) is 0 Å². The summed E-state index contributed by atoms with van der Waals surface area (Å²) in [6, 6.07) is 8.77. The molecule has 1 aromatic carbocycles. The van der Waals surface area contributed by atoms with E-state index >= 15 is 0 Å². The molecule has 0 unspecified atom stereocenters. The van der Waals surface area contributed by atoms with Crippen LogP contribution in [0.4, 0.5) is 5.69 Å². The van der Waals surface area contributed by atoms with Crippen molar-refractivity contribution in [3.63, 3.8) is 0 Å². The third kappa shape index (κ3) is 3.63. The van der Waals surface area contributed by atoms with E-state index in [1.54, 1.807) is 0 Å². The van der Waals surface area contributed by atoms with Crippen LogP contribution in [0.1, 0.15) is 48.4 Å². The van der Waals surface area contributed by atoms with Gasteiger partial charge >= 0.3 is 0 Å². The van der Waals surface area contributed by atoms with Crippen LogP contribution in [-0.2, 0) is 4.79 Å². The average molecular weight is 366 g/mol. The molecule has 26 heavy (non-hydrogen) atoms. The molecule has 0 spiro atoms. The number of amidine groups is 1. The van der Waals surface area contributed by atoms with Crippen LogP contribution < -0.4 is 5.32 Å². The summed E-state index contributed by atoms with van der Waals surface area (Å²) in [7, 11) is 0. The number of nitrogens with zero attached hydrogens (tertiary/aromatic N) is 2. The summed E-state index contributed by atoms with van der Waals surface area (Å²) in [5.74, 6) is -0.0776. The van der Waals surface area contributed by atoms with Crippen molar-refractivity contribution in [1.82, 2.24) is 9.88 Å². The van der Waals surface area contributed by atoms with Gasteiger partial charge < -0.3 is 9.88 Å². The number of nitrogens with one attached hydrogen (secondary N) is 1. The van der Waals surface area contributed by atoms with E-state index in [0.717, 1.165) is 11.3 Å². The van der Waals surface area contributed by atoms with Crippen LogP contribution in [0.5, 0.6) is 0 Å². The Morgan fingerprint density at radius 2 is 2.00 bits per heavy atom. The maximum Gasteiger partial charge on any atom is 0.264 e. The van der Waals surface area contributed by atoms with E-state index in [9.17, 15) is 4.79 Å². The fourth-order valence-corrected chi connectivity index (χ4v) is 4.33. The van der Waals surface area contributed by atoms with Gasteiger partial charge in [-0.3, -0.25) is 4.79 Å². The van der Waals surface area contributed by atoms with E-state index in [1.165, 1.54) is 48.6 Å². The Kier molecular flexibility index (Phi) is 4.72. The molecule has 1 amide bonds. The molecule has 4 rings (SSSR count). The van der Waals surface area contributed by atoms with E-state index < -0.39 is 0 Å². The highest BCUT2D eigenvalue weighted by Crippen LogP contribution is 2.32. The molecule has 0 bridgehead atoms. The minimum Gasteiger partial charge on any atom is -0.351 e. The molecule has 5 heteroatoms. The summed E-state index contributed by atoms with van der Waals surface area (Å²) < 4.78 is 2.29. The standard InChI is InChI=1S/C21H23N3OS/c1-14-7-8-17(11-15(14)2)22-21-23-20(25)19(26-21)12-16-9-10-24(13-16)18-5-3-4-6-18/h7-13,18H,3-6H2,1-2H3,(H,22,23,25)/b19-12+. The molecule has 1 N–H and O–H groups in total. The van der Waals surface area contributed by atoms with Crippen LogP contribution >= 0.6 is 11.8 Å². The predicted molar refractivity (Wildman–Crippen MR) is 109 cm³/mol. The monoisotopic (exact) mass is 365 g/mol. The lowest BCUT2D eigenvalue weighted by molar-refractivity contribution is -0.115. The number of hydrogen-bond acceptors (Lipinski definition) is 3. The number of benzene rings is 1. The lowest BCUT2D eigenvalue weighted by Crippen LogP contribution is -2.19. The third-order valence-electron chi connectivity index (χ3n) is 5.15. The van der Waals surface area contributed by atoms with Gasteiger partial charge in [-0.05, 0) is 79.4 Å². The number of amides is 1. The van der Waals surface area contributed by atoms with E-state index in [-0.39, 0.29) is 5.91 Å². The molecule has 2 aromatic rings. The molecule has 2 heterocycles. The maximum absolute atomic E-state index is 12.3. The number of hydrogen-bond donors (Lipinski definition) is 1. The molecule has 134 valence electrons. The summed E-state index contributed by atoms with van der Waals surface area (Å²) in [5, 5.41) is 3.51. The first-order valence-electron chi connectivity index (χ1n) is 9.13. The Labute approximate surface area is 158 Å². The second-order valence-electron chi connectivity index (χ2n) is 7.08. The largest absolute Gasteiger partial charge is 0.351 e. The zero-order valence-electron chi connectivity index (χ0n) is 15.2. The van der Waals surface area contributed by atoms with E-state index in [1.807, 2.05) is 18.2 Å². The van der Waals surface area contributed by atoms with Crippen molar-refractivity contribution in [3.8, 4) is 0 Å². The summed E-state index contributed by atoms with van der Waals surface area (Å²) >= 11 is 1.40. The minimum atomic E-state index is -0.0776. The van der Waals surface area contributed by atoms with Crippen LogP contribution in [-0.4, -0.2) is 15.6 Å². The average Bonchev–Trinajstić information content (AvgIpc) is 3.33. The first kappa shape index (κ1) is 17.2. The number of aromatic nitrogens is 1. The van der Waals surface area contributed by atoms with E-state index in [2.05, 4.69) is 53.3 Å². The first-order chi connectivity index (χ1) is 12.6. The molecular weight excluding hydrogens is 342 g/mol. The second kappa shape index (κ2) is 7.16. The van der Waals surface area contributed by atoms with Gasteiger partial charge in [-0.2, -0.15) is 0 Å². The Bertz CT molecular complexity index is 904. The van der Waals surface area contributed by atoms with Crippen molar-refractivity contribution in [3.05, 3.63) is 58.3 Å². The molecule has 1 saturated heterocycles. The van der Waals surface area contributed by atoms with Gasteiger partial charge in [0.1, 0.15) is 0 Å². The number of carbonyl (C=O) groups is 1. The molecule has 1 aliphatic carbocycles. The van der Waals surface area contributed by atoms with Gasteiger partial charge in [-0.15, -0.1) is 0 Å². The van der Waals surface area contributed by atoms with Crippen molar-refractivity contribution < 1.29 is 4.79 Å². The predicted octanol–water partition coefficient (Wildman–Crippen LogP) is 5.11. The first-order valence-corrected chi connectivity index (χ1v) is 9.94. The zero-order chi connectivity index (χ0) is 18.1. The minimum absolute atomic E-state index is 0.0776. The van der Waals surface area contributed by atoms with Crippen molar-refractivity contribution in [2.24, 2.45) is 4.99 Å². The molecule has 1 aromatic heterocycles. The molecular formula is C21H23N3OS. The summed E-state index contributed by atoms with van der Waals surface area (Å²) in [4.78, 5) is 17.5. The molecule has 1 saturated carbocycles. The Hall–Kier alpha value is -2.27. The van der Waals surface area contributed by atoms with Gasteiger partial charge in [-0.25, -0.2) is 4.99 Å². The Morgan fingerprint density at radius 1 is 1.19 bits per heavy atom. The van der Waals surface area contributed by atoms with Gasteiger partial charge in [0.15, 0.2) is 5.17 Å². The highest BCUT2D eigenvalue weighted by atomic mass is 32.2. The fraction of sp³-hybridized carbons (Fsp3) is 0.333. The van der Waals surface area contributed by atoms with Gasteiger partial charge in [0.25, 0.3) is 5.91 Å². The van der Waals surface area contributed by atoms with Crippen LogP contribution in [0.3, 0.4) is 0 Å². The van der Waals surface area contributed by atoms with Crippen molar-refractivity contribution >= 4 is 34.6 Å². The third-order valence-corrected chi connectivity index (χ3v) is 6.06. The summed E-state index contributed by atoms with van der Waals surface area (Å²) in [5.41, 5.74) is 4.38. The Balaban J connectivity index is 1.51. The topological polar surface area (TPSA) is 46.4 Å². The van der Waals surface area contributed by atoms with Gasteiger partial charge in [-0.1, -0.05) is 18.9 Å². The van der Waals surface area contributed by atoms with Crippen molar-refractivity contribution in [2.45, 2.75) is 45.6 Å². The van der Waals surface area contributed by atoms with Gasteiger partial charge in [0.2, 0.25) is 0 Å². The summed E-state index contributed by atoms with van der Waals surface area (Å²) in [6.07, 6.45) is 11.4. The number of aliphatic imine (C=N–C) groups is 1. The maximum atomic E-state index is 12.3. The number of rotatable bonds is 3. The SMILES string of the molecule is Cc1ccc(N=C2NC(=O)/C(=C\c3ccn(C4CCCC4)c3)S2)cc1C. The summed E-state index contributed by atoms with van der Waals surface area (Å²) in [6.45, 7) is 4.15. The highest BCUT2D eigenvalue weighted by molar-refractivity contribution is 8.18. The van der Waals surface area contributed by atoms with Crippen LogP contribution in [0.15, 0.2) is 46.6 Å². The van der Waals surface area contributed by atoms with E-state index in [0.29, 0.717) is 16.1 Å². The zero-order valence-corrected chi connectivity index (χ0v) is 16.0. The molecule has 0 atom stereocenters. The molecule has 1 aliphatic heterocycles. The smallest absolute Gasteiger partial charge is 0.264 e. The van der Waals surface area contributed by atoms with Crippen LogP contribution in [0.25, 0.3) is 6.08 Å². The number of thioether (sulfide) groups is 1. The lowest BCUT2D eigenvalue weighted by atomic mass is 10.1. The second-order valence-corrected chi connectivity index (χ2v) is 8.11. The Morgan fingerprint density at radius 3 is 2.77 bits per heavy atom. The van der Waals surface area contributed by atoms with E-state index in [4.69, 9.17) is 0 Å². The van der Waals surface area contributed by atoms with Gasteiger partial charge in [0, 0.05) is 18.4 Å². The highest BCUT2D eigenvalue weighted by Gasteiger charge is 2.24. The number of carbonyl (C=O) groups excluding carboxylic acids is 1. The molecule has 2 fully saturated rings. The molecule has 2 aliphatic rings. The molecule has 0 radical (unpaired) electrons. The normalized spacial score (nSPS) is 21.1. The fourth-order valence-electron chi connectivity index (χ4n) is 3.49. The molecule has 4 nitrogen and oxygen atoms in total. The van der Waals surface area contributed by atoms with Crippen LogP contribution in [0, 0.1) is 13.8 Å². The quantitative estimate of drug-likeness (QED) is 0.768. The van der Waals surface area contributed by atoms with Crippen molar-refractivity contribution in [2.75, 3.05) is 0 Å². The number of aryl methyl sites for hydroxylation is 2. The lowest BCUT2D eigenvalue weighted by Gasteiger charge is -2.10.